The fraction of sp³-hybridized carbons (Fsp3) is 0.500. The van der Waals surface area contributed by atoms with Gasteiger partial charge in [0.2, 0.25) is 0 Å². The molecule has 0 bridgehead atoms. The van der Waals surface area contributed by atoms with Gasteiger partial charge in [0.15, 0.2) is 0 Å². The zero-order valence-corrected chi connectivity index (χ0v) is 13.1. The Hall–Kier alpha value is -0.920. The zero-order chi connectivity index (χ0) is 13.8. The monoisotopic (exact) mass is 345 g/mol. The Morgan fingerprint density at radius 3 is 3.21 bits per heavy atom. The smallest absolute Gasteiger partial charge is 0.318 e. The van der Waals surface area contributed by atoms with E-state index in [1.54, 1.807) is 16.2 Å². The summed E-state index contributed by atoms with van der Waals surface area (Å²) >= 11 is 4.79. The van der Waals surface area contributed by atoms with Crippen LogP contribution in [-0.2, 0) is 4.74 Å². The second-order valence-corrected chi connectivity index (χ2v) is 6.30. The van der Waals surface area contributed by atoms with Crippen LogP contribution < -0.4 is 5.32 Å². The highest BCUT2D eigenvalue weighted by molar-refractivity contribution is 9.11. The summed E-state index contributed by atoms with van der Waals surface area (Å²) in [6.45, 7) is 7.69. The molecule has 1 N–H and O–H groups in total. The third-order valence-corrected chi connectivity index (χ3v) is 4.09. The van der Waals surface area contributed by atoms with Crippen molar-refractivity contribution < 1.29 is 9.53 Å². The first kappa shape index (κ1) is 14.5. The number of nitrogens with zero attached hydrogens (tertiary/aromatic N) is 2. The summed E-state index contributed by atoms with van der Waals surface area (Å²) in [5, 5.41) is 5.73. The minimum atomic E-state index is -0.109. The first-order chi connectivity index (χ1) is 9.08. The molecule has 7 heteroatoms. The van der Waals surface area contributed by atoms with Gasteiger partial charge in [0.1, 0.15) is 11.0 Å². The number of ether oxygens (including phenoxy) is 1. The third-order valence-electron chi connectivity index (χ3n) is 2.74. The molecular weight excluding hydrogens is 330 g/mol. The Balaban J connectivity index is 2.07. The van der Waals surface area contributed by atoms with Crippen LogP contribution in [0.3, 0.4) is 0 Å². The topological polar surface area (TPSA) is 54.5 Å². The van der Waals surface area contributed by atoms with Crippen LogP contribution in [0.5, 0.6) is 0 Å². The van der Waals surface area contributed by atoms with E-state index in [-0.39, 0.29) is 12.1 Å². The van der Waals surface area contributed by atoms with Crippen LogP contribution in [0.4, 0.5) is 4.79 Å². The predicted octanol–water partition coefficient (Wildman–Crippen LogP) is 2.44. The van der Waals surface area contributed by atoms with Gasteiger partial charge in [-0.25, -0.2) is 9.78 Å². The van der Waals surface area contributed by atoms with Gasteiger partial charge in [0.05, 0.1) is 19.8 Å². The molecule has 2 amide bonds. The molecule has 0 radical (unpaired) electrons. The lowest BCUT2D eigenvalue weighted by Crippen LogP contribution is -2.48. The van der Waals surface area contributed by atoms with E-state index < -0.39 is 0 Å². The summed E-state index contributed by atoms with van der Waals surface area (Å²) in [6, 6.07) is -0.210. The molecule has 0 aliphatic carbocycles. The lowest BCUT2D eigenvalue weighted by molar-refractivity contribution is 0.0117. The van der Waals surface area contributed by atoms with Crippen LogP contribution in [0, 0.1) is 6.92 Å². The molecule has 1 aromatic rings. The fourth-order valence-corrected chi connectivity index (χ4v) is 2.88. The van der Waals surface area contributed by atoms with Gasteiger partial charge in [-0.15, -0.1) is 11.3 Å². The van der Waals surface area contributed by atoms with Gasteiger partial charge in [-0.2, -0.15) is 0 Å². The minimum absolute atomic E-state index is 0.101. The summed E-state index contributed by atoms with van der Waals surface area (Å²) in [7, 11) is 0. The van der Waals surface area contributed by atoms with Crippen molar-refractivity contribution in [3.63, 3.8) is 0 Å². The van der Waals surface area contributed by atoms with Gasteiger partial charge in [0, 0.05) is 22.1 Å². The third kappa shape index (κ3) is 3.77. The molecule has 5 nitrogen and oxygen atoms in total. The Morgan fingerprint density at radius 2 is 2.58 bits per heavy atom. The Bertz CT molecular complexity index is 477. The van der Waals surface area contributed by atoms with Crippen LogP contribution in [0.25, 0.3) is 0 Å². The predicted molar refractivity (Wildman–Crippen MR) is 78.6 cm³/mol. The fourth-order valence-electron chi connectivity index (χ4n) is 1.85. The molecule has 2 rings (SSSR count). The van der Waals surface area contributed by atoms with E-state index >= 15 is 0 Å². The number of aromatic nitrogens is 1. The molecular formula is C12H16BrN3O2S. The molecule has 2 heterocycles. The number of nitrogens with one attached hydrogen (secondary N) is 1. The number of carbonyl (C=O) groups is 1. The summed E-state index contributed by atoms with van der Waals surface area (Å²) in [5.41, 5.74) is 0.972. The molecule has 0 aromatic carbocycles. The summed E-state index contributed by atoms with van der Waals surface area (Å²) in [5.74, 6) is 0. The summed E-state index contributed by atoms with van der Waals surface area (Å²) in [4.78, 5) is 18.4. The Labute approximate surface area is 124 Å². The van der Waals surface area contributed by atoms with Crippen LogP contribution in [0.15, 0.2) is 16.4 Å². The Kier molecular flexibility index (Phi) is 4.95. The number of carbonyl (C=O) groups excluding carboxylic acids is 1. The largest absolute Gasteiger partial charge is 0.377 e. The lowest BCUT2D eigenvalue weighted by Gasteiger charge is -2.34. The minimum Gasteiger partial charge on any atom is -0.377 e. The summed E-state index contributed by atoms with van der Waals surface area (Å²) < 4.78 is 6.22. The molecule has 1 aliphatic heterocycles. The highest BCUT2D eigenvalue weighted by atomic mass is 79.9. The van der Waals surface area contributed by atoms with Crippen LogP contribution in [-0.4, -0.2) is 42.2 Å². The van der Waals surface area contributed by atoms with Crippen LogP contribution >= 0.6 is 27.3 Å². The standard InChI is InChI=1S/C12H16BrN3O2S/c1-8(13)5-14-12(17)16-3-4-18-6-10(16)11-15-9(2)7-19-11/h7,10H,1,3-6H2,2H3,(H,14,17)/t10-/m0/s1. The number of thiazole rings is 1. The van der Waals surface area contributed by atoms with E-state index in [0.29, 0.717) is 26.3 Å². The van der Waals surface area contributed by atoms with Crippen molar-refractivity contribution in [1.82, 2.24) is 15.2 Å². The maximum Gasteiger partial charge on any atom is 0.318 e. The number of hydrogen-bond acceptors (Lipinski definition) is 4. The SMILES string of the molecule is C=C(Br)CNC(=O)N1CCOC[C@H]1c1nc(C)cs1. The molecule has 1 fully saturated rings. The number of halogens is 1. The van der Waals surface area contributed by atoms with Crippen LogP contribution in [0.1, 0.15) is 16.7 Å². The first-order valence-corrected chi connectivity index (χ1v) is 7.62. The maximum atomic E-state index is 12.2. The number of rotatable bonds is 3. The molecule has 1 saturated heterocycles. The van der Waals surface area contributed by atoms with Crippen molar-refractivity contribution >= 4 is 33.3 Å². The van der Waals surface area contributed by atoms with Crippen molar-refractivity contribution in [2.24, 2.45) is 0 Å². The number of urea groups is 1. The van der Waals surface area contributed by atoms with Gasteiger partial charge in [0.25, 0.3) is 0 Å². The molecule has 0 spiro atoms. The van der Waals surface area contributed by atoms with Gasteiger partial charge in [-0.1, -0.05) is 22.5 Å². The molecule has 1 aromatic heterocycles. The molecule has 0 unspecified atom stereocenters. The Morgan fingerprint density at radius 1 is 1.79 bits per heavy atom. The van der Waals surface area contributed by atoms with Crippen LogP contribution in [0.2, 0.25) is 0 Å². The number of amides is 2. The van der Waals surface area contributed by atoms with E-state index in [1.807, 2.05) is 12.3 Å². The second-order valence-electron chi connectivity index (χ2n) is 4.29. The number of morpholine rings is 1. The highest BCUT2D eigenvalue weighted by Crippen LogP contribution is 2.26. The van der Waals surface area contributed by atoms with Crippen molar-refractivity contribution in [3.05, 3.63) is 27.1 Å². The van der Waals surface area contributed by atoms with Crippen molar-refractivity contribution in [2.75, 3.05) is 26.3 Å². The average molecular weight is 346 g/mol. The maximum absolute atomic E-state index is 12.2. The van der Waals surface area contributed by atoms with E-state index in [0.717, 1.165) is 15.2 Å². The molecule has 1 atom stereocenters. The van der Waals surface area contributed by atoms with Gasteiger partial charge in [-0.3, -0.25) is 0 Å². The van der Waals surface area contributed by atoms with E-state index in [4.69, 9.17) is 4.74 Å². The number of hydrogen-bond donors (Lipinski definition) is 1. The molecule has 104 valence electrons. The van der Waals surface area contributed by atoms with Crippen molar-refractivity contribution in [3.8, 4) is 0 Å². The lowest BCUT2D eigenvalue weighted by atomic mass is 10.2. The van der Waals surface area contributed by atoms with E-state index in [1.165, 1.54) is 0 Å². The quantitative estimate of drug-likeness (QED) is 0.915. The average Bonchev–Trinajstić information content (AvgIpc) is 2.82. The molecule has 0 saturated carbocycles. The van der Waals surface area contributed by atoms with Crippen molar-refractivity contribution in [1.29, 1.82) is 0 Å². The van der Waals surface area contributed by atoms with E-state index in [9.17, 15) is 4.79 Å². The van der Waals surface area contributed by atoms with Gasteiger partial charge in [-0.05, 0) is 6.92 Å². The molecule has 1 aliphatic rings. The number of aryl methyl sites for hydroxylation is 1. The van der Waals surface area contributed by atoms with E-state index in [2.05, 4.69) is 32.8 Å². The second kappa shape index (κ2) is 6.49. The van der Waals surface area contributed by atoms with Gasteiger partial charge >= 0.3 is 6.03 Å². The van der Waals surface area contributed by atoms with Gasteiger partial charge < -0.3 is 15.0 Å². The highest BCUT2D eigenvalue weighted by Gasteiger charge is 2.30. The van der Waals surface area contributed by atoms with Crippen molar-refractivity contribution in [2.45, 2.75) is 13.0 Å². The first-order valence-electron chi connectivity index (χ1n) is 5.95. The zero-order valence-electron chi connectivity index (χ0n) is 10.7. The molecule has 19 heavy (non-hydrogen) atoms. The summed E-state index contributed by atoms with van der Waals surface area (Å²) in [6.07, 6.45) is 0. The normalized spacial score (nSPS) is 19.3.